The second-order valence-electron chi connectivity index (χ2n) is 2.85. The molecule has 0 fully saturated rings. The third-order valence-electron chi connectivity index (χ3n) is 1.79. The molecule has 0 bridgehead atoms. The average molecular weight is 278 g/mol. The standard InChI is InChI=1S/C7H4F10/c8-2-1-3(9)6(13,14)5(12,4(10)11)7(15,16)17/h1-4H. The molecular formula is C7H4F10. The third kappa shape index (κ3) is 2.49. The molecule has 0 aliphatic heterocycles. The van der Waals surface area contributed by atoms with E-state index in [0.29, 0.717) is 0 Å². The first kappa shape index (κ1) is 16.0. The van der Waals surface area contributed by atoms with Gasteiger partial charge in [0.1, 0.15) is 0 Å². The minimum Gasteiger partial charge on any atom is -0.236 e. The number of alkyl halides is 9. The van der Waals surface area contributed by atoms with Gasteiger partial charge in [0.25, 0.3) is 6.43 Å². The molecule has 0 aromatic carbocycles. The Balaban J connectivity index is 5.63. The van der Waals surface area contributed by atoms with E-state index in [-0.39, 0.29) is 0 Å². The van der Waals surface area contributed by atoms with Gasteiger partial charge in [-0.1, -0.05) is 0 Å². The Morgan fingerprint density at radius 2 is 1.24 bits per heavy atom. The lowest BCUT2D eigenvalue weighted by Gasteiger charge is -2.34. The molecular weight excluding hydrogens is 274 g/mol. The highest BCUT2D eigenvalue weighted by molar-refractivity contribution is 5.09. The molecule has 0 spiro atoms. The lowest BCUT2D eigenvalue weighted by molar-refractivity contribution is -0.344. The van der Waals surface area contributed by atoms with Crippen LogP contribution in [0, 0.1) is 0 Å². The molecule has 0 rings (SSSR count). The number of hydrogen-bond donors (Lipinski definition) is 0. The van der Waals surface area contributed by atoms with Crippen LogP contribution in [0.5, 0.6) is 0 Å². The summed E-state index contributed by atoms with van der Waals surface area (Å²) in [6.45, 7) is 0. The molecule has 0 saturated heterocycles. The summed E-state index contributed by atoms with van der Waals surface area (Å²) >= 11 is 0. The normalized spacial score (nSPS) is 19.7. The molecule has 0 aliphatic rings. The fourth-order valence-electron chi connectivity index (χ4n) is 0.844. The first-order valence-electron chi connectivity index (χ1n) is 3.75. The number of rotatable bonds is 4. The van der Waals surface area contributed by atoms with Crippen LogP contribution in [0.15, 0.2) is 12.4 Å². The molecule has 0 aromatic heterocycles. The largest absolute Gasteiger partial charge is 0.434 e. The maximum absolute atomic E-state index is 12.8. The van der Waals surface area contributed by atoms with Crippen LogP contribution >= 0.6 is 0 Å². The van der Waals surface area contributed by atoms with Crippen LogP contribution in [0.25, 0.3) is 0 Å². The predicted molar refractivity (Wildman–Crippen MR) is 36.0 cm³/mol. The van der Waals surface area contributed by atoms with E-state index in [0.717, 1.165) is 0 Å². The van der Waals surface area contributed by atoms with Crippen molar-refractivity contribution in [1.29, 1.82) is 0 Å². The van der Waals surface area contributed by atoms with E-state index in [1.165, 1.54) is 0 Å². The average Bonchev–Trinajstić information content (AvgIpc) is 2.14. The molecule has 17 heavy (non-hydrogen) atoms. The van der Waals surface area contributed by atoms with Crippen LogP contribution in [0.3, 0.4) is 0 Å². The van der Waals surface area contributed by atoms with Crippen molar-refractivity contribution in [1.82, 2.24) is 0 Å². The second kappa shape index (κ2) is 4.73. The van der Waals surface area contributed by atoms with Gasteiger partial charge in [0.2, 0.25) is 0 Å². The van der Waals surface area contributed by atoms with E-state index >= 15 is 0 Å². The van der Waals surface area contributed by atoms with E-state index in [2.05, 4.69) is 0 Å². The number of allylic oxidation sites excluding steroid dienone is 1. The van der Waals surface area contributed by atoms with Gasteiger partial charge < -0.3 is 0 Å². The summed E-state index contributed by atoms with van der Waals surface area (Å²) < 4.78 is 121. The lowest BCUT2D eigenvalue weighted by Crippen LogP contribution is -2.63. The highest BCUT2D eigenvalue weighted by atomic mass is 19.4. The molecule has 0 aromatic rings. The van der Waals surface area contributed by atoms with E-state index in [4.69, 9.17) is 0 Å². The molecule has 0 saturated carbocycles. The van der Waals surface area contributed by atoms with Gasteiger partial charge in [-0.05, 0) is 6.08 Å². The van der Waals surface area contributed by atoms with Crippen molar-refractivity contribution in [3.05, 3.63) is 12.4 Å². The summed E-state index contributed by atoms with van der Waals surface area (Å²) in [4.78, 5) is 0. The van der Waals surface area contributed by atoms with Gasteiger partial charge in [-0.25, -0.2) is 22.0 Å². The summed E-state index contributed by atoms with van der Waals surface area (Å²) in [5.74, 6) is -6.16. The zero-order valence-corrected chi connectivity index (χ0v) is 7.59. The minimum absolute atomic E-state index is 0.803. The van der Waals surface area contributed by atoms with Gasteiger partial charge in [0.05, 0.1) is 6.33 Å². The molecule has 0 radical (unpaired) electrons. The van der Waals surface area contributed by atoms with Crippen LogP contribution in [-0.4, -0.2) is 30.4 Å². The van der Waals surface area contributed by atoms with E-state index in [1.54, 1.807) is 0 Å². The number of hydrogen-bond acceptors (Lipinski definition) is 0. The topological polar surface area (TPSA) is 0 Å². The van der Waals surface area contributed by atoms with Crippen molar-refractivity contribution in [3.8, 4) is 0 Å². The zero-order chi connectivity index (χ0) is 14.1. The Kier molecular flexibility index (Phi) is 4.46. The molecule has 0 N–H and O–H groups in total. The van der Waals surface area contributed by atoms with Crippen molar-refractivity contribution in [2.45, 2.75) is 30.4 Å². The van der Waals surface area contributed by atoms with Gasteiger partial charge in [0, 0.05) is 0 Å². The highest BCUT2D eigenvalue weighted by Gasteiger charge is 2.78. The van der Waals surface area contributed by atoms with Crippen LogP contribution in [0.1, 0.15) is 0 Å². The van der Waals surface area contributed by atoms with E-state index in [1.807, 2.05) is 0 Å². The Bertz CT molecular complexity index is 279. The second-order valence-corrected chi connectivity index (χ2v) is 2.85. The van der Waals surface area contributed by atoms with Crippen molar-refractivity contribution >= 4 is 0 Å². The summed E-state index contributed by atoms with van der Waals surface area (Å²) in [5.41, 5.74) is -6.40. The predicted octanol–water partition coefficient (Wildman–Crippen LogP) is 3.98. The van der Waals surface area contributed by atoms with Crippen molar-refractivity contribution in [2.24, 2.45) is 0 Å². The maximum atomic E-state index is 12.8. The summed E-state index contributed by atoms with van der Waals surface area (Å²) in [5, 5.41) is 0. The van der Waals surface area contributed by atoms with Crippen molar-refractivity contribution in [3.63, 3.8) is 0 Å². The van der Waals surface area contributed by atoms with Gasteiger partial charge in [0.15, 0.2) is 6.17 Å². The minimum atomic E-state index is -6.72. The number of halogens is 10. The van der Waals surface area contributed by atoms with Crippen LogP contribution < -0.4 is 0 Å². The zero-order valence-electron chi connectivity index (χ0n) is 7.59. The van der Waals surface area contributed by atoms with E-state index < -0.39 is 42.8 Å². The molecule has 10 heteroatoms. The fraction of sp³-hybridized carbons (Fsp3) is 0.714. The monoisotopic (exact) mass is 278 g/mol. The van der Waals surface area contributed by atoms with Crippen LogP contribution in [0.4, 0.5) is 43.9 Å². The highest BCUT2D eigenvalue weighted by Crippen LogP contribution is 2.51. The van der Waals surface area contributed by atoms with Crippen LogP contribution in [-0.2, 0) is 0 Å². The third-order valence-corrected chi connectivity index (χ3v) is 1.79. The fourth-order valence-corrected chi connectivity index (χ4v) is 0.844. The van der Waals surface area contributed by atoms with Gasteiger partial charge in [-0.3, -0.25) is 0 Å². The molecule has 0 aliphatic carbocycles. The van der Waals surface area contributed by atoms with Gasteiger partial charge >= 0.3 is 17.8 Å². The molecule has 102 valence electrons. The van der Waals surface area contributed by atoms with Gasteiger partial charge in [-0.15, -0.1) is 0 Å². The quantitative estimate of drug-likeness (QED) is 0.682. The van der Waals surface area contributed by atoms with Crippen molar-refractivity contribution < 1.29 is 43.9 Å². The first-order valence-corrected chi connectivity index (χ1v) is 3.75. The molecule has 2 unspecified atom stereocenters. The molecule has 2 atom stereocenters. The summed E-state index contributed by atoms with van der Waals surface area (Å²) in [7, 11) is 0. The Morgan fingerprint density at radius 1 is 0.824 bits per heavy atom. The summed E-state index contributed by atoms with van der Waals surface area (Å²) in [6.07, 6.45) is -17.9. The van der Waals surface area contributed by atoms with Crippen molar-refractivity contribution in [2.75, 3.05) is 0 Å². The van der Waals surface area contributed by atoms with Gasteiger partial charge in [-0.2, -0.15) is 22.0 Å². The smallest absolute Gasteiger partial charge is 0.236 e. The van der Waals surface area contributed by atoms with Crippen LogP contribution in [0.2, 0.25) is 0 Å². The maximum Gasteiger partial charge on any atom is 0.434 e. The Labute approximate surface area is 87.9 Å². The SMILES string of the molecule is FC=CC(F)C(F)(F)C(F)(C(F)F)C(F)(F)F. The van der Waals surface area contributed by atoms with E-state index in [9.17, 15) is 43.9 Å². The first-order chi connectivity index (χ1) is 7.42. The lowest BCUT2D eigenvalue weighted by atomic mass is 9.93. The molecule has 0 nitrogen and oxygen atoms in total. The molecule has 0 amide bonds. The summed E-state index contributed by atoms with van der Waals surface area (Å²) in [6, 6.07) is 0. The Morgan fingerprint density at radius 3 is 1.47 bits per heavy atom. The Hall–Kier alpha value is -0.960. The molecule has 0 heterocycles.